The summed E-state index contributed by atoms with van der Waals surface area (Å²) in [6.45, 7) is 5.17. The van der Waals surface area contributed by atoms with E-state index in [0.29, 0.717) is 11.9 Å². The van der Waals surface area contributed by atoms with Gasteiger partial charge in [0, 0.05) is 23.2 Å². The second-order valence-electron chi connectivity index (χ2n) is 4.49. The molecule has 0 saturated carbocycles. The number of hydrogen-bond donors (Lipinski definition) is 1. The number of rotatable bonds is 6. The molecule has 0 aliphatic heterocycles. The van der Waals surface area contributed by atoms with Gasteiger partial charge in [-0.05, 0) is 49.6 Å². The third kappa shape index (κ3) is 3.99. The minimum atomic E-state index is 0.308. The Balaban J connectivity index is 2.02. The van der Waals surface area contributed by atoms with Crippen molar-refractivity contribution in [2.45, 2.75) is 24.8 Å². The molecule has 1 N–H and O–H groups in total. The minimum absolute atomic E-state index is 0.308. The quantitative estimate of drug-likeness (QED) is 0.805. The fourth-order valence-electron chi connectivity index (χ4n) is 1.90. The van der Waals surface area contributed by atoms with E-state index in [9.17, 15) is 0 Å². The summed E-state index contributed by atoms with van der Waals surface area (Å²) < 4.78 is 5.73. The number of ether oxygens (including phenoxy) is 1. The highest BCUT2D eigenvalue weighted by molar-refractivity contribution is 7.98. The lowest BCUT2D eigenvalue weighted by atomic mass is 10.1. The lowest BCUT2D eigenvalue weighted by molar-refractivity contribution is 0.461. The number of pyridine rings is 1. The molecule has 1 unspecified atom stereocenters. The van der Waals surface area contributed by atoms with Gasteiger partial charge < -0.3 is 10.1 Å². The van der Waals surface area contributed by atoms with Crippen molar-refractivity contribution in [3.8, 4) is 11.6 Å². The number of hydrogen-bond acceptors (Lipinski definition) is 4. The maximum atomic E-state index is 5.73. The van der Waals surface area contributed by atoms with Crippen LogP contribution in [0, 0.1) is 0 Å². The third-order valence-electron chi connectivity index (χ3n) is 3.05. The Morgan fingerprint density at radius 2 is 1.95 bits per heavy atom. The van der Waals surface area contributed by atoms with Crippen LogP contribution in [-0.2, 0) is 0 Å². The van der Waals surface area contributed by atoms with E-state index in [1.807, 2.05) is 42.6 Å². The van der Waals surface area contributed by atoms with Crippen molar-refractivity contribution < 1.29 is 4.74 Å². The molecular weight excluding hydrogens is 268 g/mol. The molecule has 1 atom stereocenters. The third-order valence-corrected chi connectivity index (χ3v) is 3.79. The summed E-state index contributed by atoms with van der Waals surface area (Å²) in [4.78, 5) is 5.57. The highest BCUT2D eigenvalue weighted by atomic mass is 32.2. The van der Waals surface area contributed by atoms with Crippen LogP contribution < -0.4 is 10.1 Å². The van der Waals surface area contributed by atoms with Gasteiger partial charge in [0.05, 0.1) is 0 Å². The van der Waals surface area contributed by atoms with Gasteiger partial charge in [0.1, 0.15) is 5.75 Å². The number of nitrogens with one attached hydrogen (secondary N) is 1. The molecule has 2 rings (SSSR count). The molecule has 1 aromatic carbocycles. The molecule has 0 amide bonds. The Morgan fingerprint density at radius 3 is 2.50 bits per heavy atom. The predicted molar refractivity (Wildman–Crippen MR) is 84.6 cm³/mol. The van der Waals surface area contributed by atoms with Gasteiger partial charge in [-0.3, -0.25) is 0 Å². The molecule has 20 heavy (non-hydrogen) atoms. The molecule has 0 radical (unpaired) electrons. The van der Waals surface area contributed by atoms with Crippen molar-refractivity contribution in [3.63, 3.8) is 0 Å². The number of aromatic nitrogens is 1. The van der Waals surface area contributed by atoms with Gasteiger partial charge in [-0.15, -0.1) is 11.8 Å². The van der Waals surface area contributed by atoms with E-state index in [1.165, 1.54) is 4.90 Å². The van der Waals surface area contributed by atoms with Crippen LogP contribution in [0.25, 0.3) is 0 Å². The van der Waals surface area contributed by atoms with Crippen LogP contribution >= 0.6 is 11.8 Å². The molecule has 0 spiro atoms. The SMILES string of the molecule is CCNC(C)c1ccc(Oc2ccc(SC)cc2)nc1. The van der Waals surface area contributed by atoms with Gasteiger partial charge in [-0.2, -0.15) is 0 Å². The number of nitrogens with zero attached hydrogens (tertiary/aromatic N) is 1. The largest absolute Gasteiger partial charge is 0.439 e. The summed E-state index contributed by atoms with van der Waals surface area (Å²) in [6, 6.07) is 12.3. The van der Waals surface area contributed by atoms with Gasteiger partial charge in [0.2, 0.25) is 5.88 Å². The smallest absolute Gasteiger partial charge is 0.219 e. The zero-order chi connectivity index (χ0) is 14.4. The van der Waals surface area contributed by atoms with Gasteiger partial charge >= 0.3 is 0 Å². The zero-order valence-corrected chi connectivity index (χ0v) is 12.9. The second-order valence-corrected chi connectivity index (χ2v) is 5.37. The second kappa shape index (κ2) is 7.31. The fourth-order valence-corrected chi connectivity index (χ4v) is 2.31. The Morgan fingerprint density at radius 1 is 1.20 bits per heavy atom. The standard InChI is InChI=1S/C16H20N2OS/c1-4-17-12(2)13-5-10-16(18-11-13)19-14-6-8-15(20-3)9-7-14/h5-12,17H,4H2,1-3H3. The summed E-state index contributed by atoms with van der Waals surface area (Å²) in [5.41, 5.74) is 1.16. The molecule has 0 aliphatic rings. The minimum Gasteiger partial charge on any atom is -0.439 e. The van der Waals surface area contributed by atoms with Crippen LogP contribution in [0.3, 0.4) is 0 Å². The fraction of sp³-hybridized carbons (Fsp3) is 0.312. The van der Waals surface area contributed by atoms with Crippen LogP contribution in [0.2, 0.25) is 0 Å². The molecule has 0 saturated heterocycles. The first-order valence-electron chi connectivity index (χ1n) is 6.74. The van der Waals surface area contributed by atoms with E-state index in [-0.39, 0.29) is 0 Å². The van der Waals surface area contributed by atoms with Crippen LogP contribution in [0.1, 0.15) is 25.5 Å². The first-order valence-corrected chi connectivity index (χ1v) is 7.96. The van der Waals surface area contributed by atoms with Crippen molar-refractivity contribution in [2.75, 3.05) is 12.8 Å². The van der Waals surface area contributed by atoms with Crippen molar-refractivity contribution in [1.29, 1.82) is 0 Å². The highest BCUT2D eigenvalue weighted by Gasteiger charge is 2.05. The Hall–Kier alpha value is -1.52. The van der Waals surface area contributed by atoms with Crippen molar-refractivity contribution in [3.05, 3.63) is 48.2 Å². The van der Waals surface area contributed by atoms with Crippen molar-refractivity contribution in [1.82, 2.24) is 10.3 Å². The van der Waals surface area contributed by atoms with E-state index in [1.54, 1.807) is 11.8 Å². The van der Waals surface area contributed by atoms with E-state index in [0.717, 1.165) is 17.9 Å². The zero-order valence-electron chi connectivity index (χ0n) is 12.1. The average molecular weight is 288 g/mol. The molecule has 106 valence electrons. The molecule has 1 aromatic heterocycles. The Bertz CT molecular complexity index is 525. The van der Waals surface area contributed by atoms with Gasteiger partial charge in [0.25, 0.3) is 0 Å². The average Bonchev–Trinajstić information content (AvgIpc) is 2.49. The molecule has 3 nitrogen and oxygen atoms in total. The number of thioether (sulfide) groups is 1. The first kappa shape index (κ1) is 14.9. The summed E-state index contributed by atoms with van der Waals surface area (Å²) in [6.07, 6.45) is 3.92. The summed E-state index contributed by atoms with van der Waals surface area (Å²) in [5, 5.41) is 3.36. The van der Waals surface area contributed by atoms with Crippen LogP contribution in [0.5, 0.6) is 11.6 Å². The van der Waals surface area contributed by atoms with Crippen molar-refractivity contribution >= 4 is 11.8 Å². The van der Waals surface area contributed by atoms with E-state index in [2.05, 4.69) is 30.4 Å². The van der Waals surface area contributed by atoms with E-state index >= 15 is 0 Å². The van der Waals surface area contributed by atoms with Crippen molar-refractivity contribution in [2.24, 2.45) is 0 Å². The lowest BCUT2D eigenvalue weighted by Crippen LogP contribution is -2.17. The molecule has 0 fully saturated rings. The number of benzene rings is 1. The van der Waals surface area contributed by atoms with Crippen LogP contribution in [-0.4, -0.2) is 17.8 Å². The topological polar surface area (TPSA) is 34.1 Å². The van der Waals surface area contributed by atoms with Gasteiger partial charge in [-0.1, -0.05) is 13.0 Å². The molecular formula is C16H20N2OS. The summed E-state index contributed by atoms with van der Waals surface area (Å²) in [7, 11) is 0. The Labute approximate surface area is 124 Å². The summed E-state index contributed by atoms with van der Waals surface area (Å²) in [5.74, 6) is 1.43. The molecule has 1 heterocycles. The maximum absolute atomic E-state index is 5.73. The summed E-state index contributed by atoms with van der Waals surface area (Å²) >= 11 is 1.72. The normalized spacial score (nSPS) is 12.2. The molecule has 2 aromatic rings. The monoisotopic (exact) mass is 288 g/mol. The molecule has 4 heteroatoms. The van der Waals surface area contributed by atoms with Crippen LogP contribution in [0.15, 0.2) is 47.5 Å². The van der Waals surface area contributed by atoms with E-state index in [4.69, 9.17) is 4.74 Å². The first-order chi connectivity index (χ1) is 9.72. The van der Waals surface area contributed by atoms with Crippen LogP contribution in [0.4, 0.5) is 0 Å². The van der Waals surface area contributed by atoms with E-state index < -0.39 is 0 Å². The molecule has 0 bridgehead atoms. The highest BCUT2D eigenvalue weighted by Crippen LogP contribution is 2.23. The lowest BCUT2D eigenvalue weighted by Gasteiger charge is -2.12. The Kier molecular flexibility index (Phi) is 5.44. The maximum Gasteiger partial charge on any atom is 0.219 e. The van der Waals surface area contributed by atoms with Gasteiger partial charge in [-0.25, -0.2) is 4.98 Å². The molecule has 0 aliphatic carbocycles. The predicted octanol–water partition coefficient (Wildman–Crippen LogP) is 4.27. The van der Waals surface area contributed by atoms with Gasteiger partial charge in [0.15, 0.2) is 0 Å².